The number of aliphatic carboxylic acids is 1. The summed E-state index contributed by atoms with van der Waals surface area (Å²) in [5.74, 6) is -2.35. The van der Waals surface area contributed by atoms with Crippen molar-refractivity contribution in [2.24, 2.45) is 5.92 Å². The Kier molecular flexibility index (Phi) is 5.29. The normalized spacial score (nSPS) is 22.1. The molecule has 1 aromatic rings. The summed E-state index contributed by atoms with van der Waals surface area (Å²) >= 11 is 0. The van der Waals surface area contributed by atoms with E-state index in [0.29, 0.717) is 18.4 Å². The number of nitrogens with zero attached hydrogens (tertiary/aromatic N) is 1. The molecule has 1 fully saturated rings. The van der Waals surface area contributed by atoms with E-state index in [4.69, 9.17) is 0 Å². The van der Waals surface area contributed by atoms with Gasteiger partial charge in [0.15, 0.2) is 0 Å². The third-order valence-electron chi connectivity index (χ3n) is 4.52. The third-order valence-corrected chi connectivity index (χ3v) is 6.65. The zero-order chi connectivity index (χ0) is 18.1. The van der Waals surface area contributed by atoms with Gasteiger partial charge in [-0.25, -0.2) is 13.2 Å². The van der Waals surface area contributed by atoms with Gasteiger partial charge in [-0.15, -0.1) is 0 Å². The smallest absolute Gasteiger partial charge is 0.338 e. The first-order valence-corrected chi connectivity index (χ1v) is 9.08. The molecule has 0 unspecified atom stereocenters. The zero-order valence-corrected chi connectivity index (χ0v) is 14.7. The van der Waals surface area contributed by atoms with Crippen LogP contribution in [0.3, 0.4) is 0 Å². The van der Waals surface area contributed by atoms with Gasteiger partial charge in [-0.3, -0.25) is 4.79 Å². The molecule has 1 saturated heterocycles. The summed E-state index contributed by atoms with van der Waals surface area (Å²) < 4.78 is 32.0. The predicted octanol–water partition coefficient (Wildman–Crippen LogP) is 1.66. The summed E-state index contributed by atoms with van der Waals surface area (Å²) in [5, 5.41) is 9.28. The highest BCUT2D eigenvalue weighted by Crippen LogP contribution is 2.31. The summed E-state index contributed by atoms with van der Waals surface area (Å²) in [7, 11) is -2.68. The molecule has 0 aromatic heterocycles. The lowest BCUT2D eigenvalue weighted by atomic mass is 9.92. The number of methoxy groups -OCH3 is 1. The number of benzene rings is 1. The number of carboxylic acid groups (broad SMARTS) is 1. The molecule has 2 atom stereocenters. The fourth-order valence-electron chi connectivity index (χ4n) is 3.13. The number of sulfonamides is 1. The number of hydrogen-bond donors (Lipinski definition) is 1. The number of esters is 1. The molecule has 0 saturated carbocycles. The van der Waals surface area contributed by atoms with E-state index in [9.17, 15) is 23.1 Å². The highest BCUT2D eigenvalue weighted by molar-refractivity contribution is 7.89. The van der Waals surface area contributed by atoms with Gasteiger partial charge >= 0.3 is 11.9 Å². The Morgan fingerprint density at radius 3 is 2.58 bits per heavy atom. The number of ether oxygens (including phenoxy) is 1. The van der Waals surface area contributed by atoms with Gasteiger partial charge < -0.3 is 9.84 Å². The van der Waals surface area contributed by atoms with Crippen LogP contribution in [-0.2, 0) is 19.6 Å². The summed E-state index contributed by atoms with van der Waals surface area (Å²) in [6, 6.07) is 3.76. The molecule has 1 aliphatic heterocycles. The summed E-state index contributed by atoms with van der Waals surface area (Å²) in [5.41, 5.74) is 0.479. The Morgan fingerprint density at radius 2 is 2.00 bits per heavy atom. The fourth-order valence-corrected chi connectivity index (χ4v) is 5.09. The maximum Gasteiger partial charge on any atom is 0.338 e. The van der Waals surface area contributed by atoms with Crippen molar-refractivity contribution < 1.29 is 27.9 Å². The average Bonchev–Trinajstić information content (AvgIpc) is 2.53. The number of rotatable bonds is 4. The first-order valence-electron chi connectivity index (χ1n) is 7.64. The Hall–Kier alpha value is -1.93. The summed E-state index contributed by atoms with van der Waals surface area (Å²) in [6.07, 6.45) is 0.931. The number of carbonyl (C=O) groups is 2. The molecule has 7 nitrogen and oxygen atoms in total. The van der Waals surface area contributed by atoms with Crippen LogP contribution in [-0.4, -0.2) is 49.5 Å². The van der Waals surface area contributed by atoms with Crippen molar-refractivity contribution in [2.45, 2.75) is 37.6 Å². The second-order valence-corrected chi connectivity index (χ2v) is 7.72. The van der Waals surface area contributed by atoms with Gasteiger partial charge in [0.1, 0.15) is 0 Å². The molecule has 0 aliphatic carbocycles. The second kappa shape index (κ2) is 6.90. The molecular formula is C16H21NO6S. The molecule has 1 N–H and O–H groups in total. The first kappa shape index (κ1) is 18.4. The van der Waals surface area contributed by atoms with E-state index in [2.05, 4.69) is 4.74 Å². The van der Waals surface area contributed by atoms with Crippen LogP contribution in [0.4, 0.5) is 0 Å². The van der Waals surface area contributed by atoms with E-state index < -0.39 is 33.9 Å². The van der Waals surface area contributed by atoms with Crippen LogP contribution in [0.25, 0.3) is 0 Å². The van der Waals surface area contributed by atoms with Crippen molar-refractivity contribution in [3.05, 3.63) is 29.3 Å². The highest BCUT2D eigenvalue weighted by atomic mass is 32.2. The third kappa shape index (κ3) is 3.16. The summed E-state index contributed by atoms with van der Waals surface area (Å²) in [4.78, 5) is 23.1. The van der Waals surface area contributed by atoms with Crippen LogP contribution in [0.2, 0.25) is 0 Å². The molecule has 0 spiro atoms. The van der Waals surface area contributed by atoms with Crippen molar-refractivity contribution in [3.8, 4) is 0 Å². The van der Waals surface area contributed by atoms with Crippen molar-refractivity contribution in [3.63, 3.8) is 0 Å². The Bertz CT molecular complexity index is 758. The molecule has 24 heavy (non-hydrogen) atoms. The maximum atomic E-state index is 13.0. The van der Waals surface area contributed by atoms with Crippen LogP contribution in [0.5, 0.6) is 0 Å². The van der Waals surface area contributed by atoms with Crippen molar-refractivity contribution >= 4 is 22.0 Å². The van der Waals surface area contributed by atoms with Crippen molar-refractivity contribution in [2.75, 3.05) is 13.7 Å². The quantitative estimate of drug-likeness (QED) is 0.824. The number of piperidine rings is 1. The lowest BCUT2D eigenvalue weighted by Gasteiger charge is -2.36. The van der Waals surface area contributed by atoms with E-state index in [1.54, 1.807) is 13.8 Å². The minimum Gasteiger partial charge on any atom is -0.481 e. The lowest BCUT2D eigenvalue weighted by Crippen LogP contribution is -2.49. The molecule has 0 amide bonds. The molecule has 8 heteroatoms. The van der Waals surface area contributed by atoms with E-state index >= 15 is 0 Å². The van der Waals surface area contributed by atoms with Crippen LogP contribution < -0.4 is 0 Å². The summed E-state index contributed by atoms with van der Waals surface area (Å²) in [6.45, 7) is 3.41. The van der Waals surface area contributed by atoms with Gasteiger partial charge in [-0.1, -0.05) is 6.07 Å². The van der Waals surface area contributed by atoms with Gasteiger partial charge in [-0.05, 0) is 44.4 Å². The highest BCUT2D eigenvalue weighted by Gasteiger charge is 2.40. The number of hydrogen-bond acceptors (Lipinski definition) is 5. The zero-order valence-electron chi connectivity index (χ0n) is 13.9. The van der Waals surface area contributed by atoms with Gasteiger partial charge in [0.2, 0.25) is 10.0 Å². The Morgan fingerprint density at radius 1 is 1.33 bits per heavy atom. The molecule has 0 bridgehead atoms. The monoisotopic (exact) mass is 355 g/mol. The molecule has 2 rings (SSSR count). The predicted molar refractivity (Wildman–Crippen MR) is 86.2 cm³/mol. The molecule has 1 aromatic carbocycles. The van der Waals surface area contributed by atoms with Crippen LogP contribution in [0, 0.1) is 12.8 Å². The topological polar surface area (TPSA) is 101 Å². The second-order valence-electron chi connectivity index (χ2n) is 5.86. The molecule has 0 radical (unpaired) electrons. The van der Waals surface area contributed by atoms with Crippen LogP contribution in [0.1, 0.15) is 35.7 Å². The minimum absolute atomic E-state index is 0.00305. The molecular weight excluding hydrogens is 334 g/mol. The lowest BCUT2D eigenvalue weighted by molar-refractivity contribution is -0.144. The van der Waals surface area contributed by atoms with Gasteiger partial charge in [0, 0.05) is 12.6 Å². The molecule has 132 valence electrons. The van der Waals surface area contributed by atoms with Gasteiger partial charge in [0.25, 0.3) is 0 Å². The largest absolute Gasteiger partial charge is 0.481 e. The van der Waals surface area contributed by atoms with Crippen LogP contribution >= 0.6 is 0 Å². The van der Waals surface area contributed by atoms with E-state index in [1.807, 2.05) is 0 Å². The Balaban J connectivity index is 2.47. The van der Waals surface area contributed by atoms with E-state index in [1.165, 1.54) is 29.6 Å². The maximum absolute atomic E-state index is 13.0. The van der Waals surface area contributed by atoms with Crippen LogP contribution in [0.15, 0.2) is 23.1 Å². The standard InChI is InChI=1S/C16H21NO6S/c1-10-12(16(20)23-3)6-4-8-14(10)24(21,22)17-9-5-7-13(11(17)2)15(18)19/h4,6,8,11,13H,5,7,9H2,1-3H3,(H,18,19)/t11-,13-/m0/s1. The van der Waals surface area contributed by atoms with Crippen molar-refractivity contribution in [1.29, 1.82) is 0 Å². The average molecular weight is 355 g/mol. The SMILES string of the molecule is COC(=O)c1cccc(S(=O)(=O)N2CCC[C@H](C(=O)O)[C@@H]2C)c1C. The van der Waals surface area contributed by atoms with Gasteiger partial charge in [-0.2, -0.15) is 4.31 Å². The number of carboxylic acids is 1. The van der Waals surface area contributed by atoms with E-state index in [0.717, 1.165) is 0 Å². The minimum atomic E-state index is -3.91. The van der Waals surface area contributed by atoms with E-state index in [-0.39, 0.29) is 17.0 Å². The Labute approximate surface area is 141 Å². The molecule has 1 aliphatic rings. The fraction of sp³-hybridized carbons (Fsp3) is 0.500. The molecule has 1 heterocycles. The first-order chi connectivity index (χ1) is 11.2. The van der Waals surface area contributed by atoms with Crippen molar-refractivity contribution in [1.82, 2.24) is 4.31 Å². The number of carbonyl (C=O) groups excluding carboxylic acids is 1. The van der Waals surface area contributed by atoms with Gasteiger partial charge in [0.05, 0.1) is 23.5 Å².